The van der Waals surface area contributed by atoms with E-state index in [1.54, 1.807) is 38.2 Å². The molecule has 0 radical (unpaired) electrons. The average Bonchev–Trinajstić information content (AvgIpc) is 2.93. The van der Waals surface area contributed by atoms with Gasteiger partial charge in [0, 0.05) is 18.8 Å². The summed E-state index contributed by atoms with van der Waals surface area (Å²) in [6.45, 7) is 1.89. The Labute approximate surface area is 123 Å². The Bertz CT molecular complexity index is 637. The molecular formula is C15H19N3O3. The van der Waals surface area contributed by atoms with E-state index in [0.717, 1.165) is 5.56 Å². The van der Waals surface area contributed by atoms with Gasteiger partial charge < -0.3 is 14.8 Å². The minimum absolute atomic E-state index is 0.229. The summed E-state index contributed by atoms with van der Waals surface area (Å²) < 4.78 is 12.1. The zero-order valence-electron chi connectivity index (χ0n) is 12.6. The lowest BCUT2D eigenvalue weighted by atomic mass is 10.1. The molecule has 0 fully saturated rings. The zero-order chi connectivity index (χ0) is 15.4. The molecule has 1 atom stereocenters. The molecule has 21 heavy (non-hydrogen) atoms. The van der Waals surface area contributed by atoms with Crippen molar-refractivity contribution < 1.29 is 14.3 Å². The lowest BCUT2D eigenvalue weighted by Crippen LogP contribution is -2.27. The Hall–Kier alpha value is -2.50. The standard InChI is InChI=1S/C15H19N3O3/c1-10(16-15(19)13-7-8-18(2)17-13)12-9-11(20-3)5-6-14(12)21-4/h5-10H,1-4H3,(H,16,19). The highest BCUT2D eigenvalue weighted by molar-refractivity contribution is 5.92. The largest absolute Gasteiger partial charge is 0.497 e. The van der Waals surface area contributed by atoms with E-state index in [2.05, 4.69) is 10.4 Å². The minimum atomic E-state index is -0.232. The molecule has 0 aliphatic rings. The highest BCUT2D eigenvalue weighted by atomic mass is 16.5. The van der Waals surface area contributed by atoms with Crippen molar-refractivity contribution in [3.63, 3.8) is 0 Å². The molecule has 6 nitrogen and oxygen atoms in total. The van der Waals surface area contributed by atoms with Crippen molar-refractivity contribution in [2.75, 3.05) is 14.2 Å². The van der Waals surface area contributed by atoms with Crippen LogP contribution in [0.1, 0.15) is 29.0 Å². The lowest BCUT2D eigenvalue weighted by Gasteiger charge is -2.17. The van der Waals surface area contributed by atoms with Crippen molar-refractivity contribution >= 4 is 5.91 Å². The molecule has 0 aliphatic carbocycles. The predicted octanol–water partition coefficient (Wildman–Crippen LogP) is 1.93. The number of aryl methyl sites for hydroxylation is 1. The minimum Gasteiger partial charge on any atom is -0.497 e. The van der Waals surface area contributed by atoms with E-state index in [1.165, 1.54) is 0 Å². The van der Waals surface area contributed by atoms with Crippen molar-refractivity contribution in [1.29, 1.82) is 0 Å². The highest BCUT2D eigenvalue weighted by Gasteiger charge is 2.17. The van der Waals surface area contributed by atoms with Crippen LogP contribution >= 0.6 is 0 Å². The van der Waals surface area contributed by atoms with E-state index in [9.17, 15) is 4.79 Å². The van der Waals surface area contributed by atoms with Crippen LogP contribution in [-0.4, -0.2) is 29.9 Å². The number of benzene rings is 1. The third-order valence-electron chi connectivity index (χ3n) is 3.20. The van der Waals surface area contributed by atoms with E-state index in [0.29, 0.717) is 17.2 Å². The summed E-state index contributed by atoms with van der Waals surface area (Å²) in [5, 5.41) is 6.98. The van der Waals surface area contributed by atoms with Crippen LogP contribution in [0.2, 0.25) is 0 Å². The first-order chi connectivity index (χ1) is 10.0. The number of rotatable bonds is 5. The molecular weight excluding hydrogens is 270 g/mol. The molecule has 2 rings (SSSR count). The first-order valence-corrected chi connectivity index (χ1v) is 6.57. The summed E-state index contributed by atoms with van der Waals surface area (Å²) in [6, 6.07) is 6.92. The van der Waals surface area contributed by atoms with Gasteiger partial charge in [0.25, 0.3) is 5.91 Å². The van der Waals surface area contributed by atoms with Gasteiger partial charge in [-0.1, -0.05) is 0 Å². The molecule has 1 aromatic carbocycles. The second-order valence-electron chi connectivity index (χ2n) is 4.68. The monoisotopic (exact) mass is 289 g/mol. The molecule has 0 spiro atoms. The van der Waals surface area contributed by atoms with Gasteiger partial charge in [0.2, 0.25) is 0 Å². The number of hydrogen-bond acceptors (Lipinski definition) is 4. The summed E-state index contributed by atoms with van der Waals surface area (Å²) in [4.78, 5) is 12.1. The van der Waals surface area contributed by atoms with Crippen LogP contribution in [0.3, 0.4) is 0 Å². The molecule has 1 amide bonds. The molecule has 0 bridgehead atoms. The summed E-state index contributed by atoms with van der Waals surface area (Å²) >= 11 is 0. The van der Waals surface area contributed by atoms with Gasteiger partial charge in [-0.2, -0.15) is 5.10 Å². The first-order valence-electron chi connectivity index (χ1n) is 6.57. The number of amides is 1. The van der Waals surface area contributed by atoms with E-state index in [4.69, 9.17) is 9.47 Å². The Balaban J connectivity index is 2.19. The first kappa shape index (κ1) is 14.9. The molecule has 0 saturated heterocycles. The number of nitrogens with one attached hydrogen (secondary N) is 1. The topological polar surface area (TPSA) is 65.4 Å². The fraction of sp³-hybridized carbons (Fsp3) is 0.333. The van der Waals surface area contributed by atoms with E-state index in [-0.39, 0.29) is 11.9 Å². The molecule has 1 aromatic heterocycles. The van der Waals surface area contributed by atoms with Gasteiger partial charge in [-0.3, -0.25) is 9.48 Å². The number of nitrogens with zero attached hydrogens (tertiary/aromatic N) is 2. The van der Waals surface area contributed by atoms with Crippen LogP contribution in [-0.2, 0) is 7.05 Å². The molecule has 2 aromatic rings. The summed E-state index contributed by atoms with van der Waals surface area (Å²) in [7, 11) is 4.96. The molecule has 112 valence electrons. The number of methoxy groups -OCH3 is 2. The fourth-order valence-corrected chi connectivity index (χ4v) is 2.06. The Morgan fingerprint density at radius 3 is 2.62 bits per heavy atom. The van der Waals surface area contributed by atoms with Gasteiger partial charge in [0.05, 0.1) is 20.3 Å². The predicted molar refractivity (Wildman–Crippen MR) is 78.6 cm³/mol. The number of ether oxygens (including phenoxy) is 2. The van der Waals surface area contributed by atoms with E-state index >= 15 is 0 Å². The van der Waals surface area contributed by atoms with Crippen LogP contribution in [0.15, 0.2) is 30.5 Å². The molecule has 0 aliphatic heterocycles. The van der Waals surface area contributed by atoms with Crippen LogP contribution < -0.4 is 14.8 Å². The maximum Gasteiger partial charge on any atom is 0.272 e. The van der Waals surface area contributed by atoms with E-state index < -0.39 is 0 Å². The maximum atomic E-state index is 12.1. The lowest BCUT2D eigenvalue weighted by molar-refractivity contribution is 0.0933. The van der Waals surface area contributed by atoms with Gasteiger partial charge in [-0.15, -0.1) is 0 Å². The normalized spacial score (nSPS) is 11.8. The van der Waals surface area contributed by atoms with Gasteiger partial charge in [-0.05, 0) is 31.2 Å². The second-order valence-corrected chi connectivity index (χ2v) is 4.68. The van der Waals surface area contributed by atoms with Crippen molar-refractivity contribution in [3.05, 3.63) is 41.7 Å². The fourth-order valence-electron chi connectivity index (χ4n) is 2.06. The van der Waals surface area contributed by atoms with Crippen LogP contribution in [0.4, 0.5) is 0 Å². The van der Waals surface area contributed by atoms with Crippen LogP contribution in [0.25, 0.3) is 0 Å². The van der Waals surface area contributed by atoms with Crippen molar-refractivity contribution in [2.24, 2.45) is 7.05 Å². The third-order valence-corrected chi connectivity index (χ3v) is 3.20. The molecule has 1 N–H and O–H groups in total. The van der Waals surface area contributed by atoms with E-state index in [1.807, 2.05) is 25.1 Å². The number of carbonyl (C=O) groups is 1. The third kappa shape index (κ3) is 3.34. The van der Waals surface area contributed by atoms with Crippen molar-refractivity contribution in [3.8, 4) is 11.5 Å². The van der Waals surface area contributed by atoms with Crippen molar-refractivity contribution in [1.82, 2.24) is 15.1 Å². The van der Waals surface area contributed by atoms with Gasteiger partial charge in [0.15, 0.2) is 0 Å². The number of hydrogen-bond donors (Lipinski definition) is 1. The van der Waals surface area contributed by atoms with Gasteiger partial charge >= 0.3 is 0 Å². The highest BCUT2D eigenvalue weighted by Crippen LogP contribution is 2.29. The van der Waals surface area contributed by atoms with Crippen LogP contribution in [0, 0.1) is 0 Å². The van der Waals surface area contributed by atoms with Crippen molar-refractivity contribution in [2.45, 2.75) is 13.0 Å². The molecule has 1 heterocycles. The Morgan fingerprint density at radius 1 is 1.29 bits per heavy atom. The quantitative estimate of drug-likeness (QED) is 0.913. The maximum absolute atomic E-state index is 12.1. The average molecular weight is 289 g/mol. The zero-order valence-corrected chi connectivity index (χ0v) is 12.6. The summed E-state index contributed by atoms with van der Waals surface area (Å²) in [6.07, 6.45) is 1.73. The Kier molecular flexibility index (Phi) is 4.47. The summed E-state index contributed by atoms with van der Waals surface area (Å²) in [5.74, 6) is 1.18. The Morgan fingerprint density at radius 2 is 2.05 bits per heavy atom. The number of aromatic nitrogens is 2. The van der Waals surface area contributed by atoms with Gasteiger partial charge in [0.1, 0.15) is 17.2 Å². The number of carbonyl (C=O) groups excluding carboxylic acids is 1. The van der Waals surface area contributed by atoms with Gasteiger partial charge in [-0.25, -0.2) is 0 Å². The molecule has 0 saturated carbocycles. The van der Waals surface area contributed by atoms with Crippen LogP contribution in [0.5, 0.6) is 11.5 Å². The molecule has 6 heteroatoms. The SMILES string of the molecule is COc1ccc(OC)c(C(C)NC(=O)c2ccn(C)n2)c1. The summed E-state index contributed by atoms with van der Waals surface area (Å²) in [5.41, 5.74) is 1.23. The smallest absolute Gasteiger partial charge is 0.272 e. The molecule has 1 unspecified atom stereocenters. The second kappa shape index (κ2) is 6.30.